The molecule has 24 heavy (non-hydrogen) atoms. The molecule has 2 aromatic rings. The van der Waals surface area contributed by atoms with Crippen molar-refractivity contribution >= 4 is 11.8 Å². The summed E-state index contributed by atoms with van der Waals surface area (Å²) in [4.78, 5) is 10.9. The molecule has 0 saturated heterocycles. The number of nitrogens with one attached hydrogen (secondary N) is 1. The van der Waals surface area contributed by atoms with Gasteiger partial charge >= 0.3 is 12.3 Å². The molecule has 124 valence electrons. The van der Waals surface area contributed by atoms with Crippen molar-refractivity contribution < 1.29 is 27.1 Å². The summed E-state index contributed by atoms with van der Waals surface area (Å²) in [6.07, 6.45) is -5.47. The van der Waals surface area contributed by atoms with Crippen LogP contribution in [0.4, 0.5) is 22.4 Å². The van der Waals surface area contributed by atoms with Crippen molar-refractivity contribution in [3.05, 3.63) is 59.4 Å². The molecule has 0 atom stereocenters. The molecule has 4 nitrogen and oxygen atoms in total. The first kappa shape index (κ1) is 16.0. The lowest BCUT2D eigenvalue weighted by atomic mass is 9.95. The number of cyclic esters (lactones) is 1. The molecule has 0 saturated carbocycles. The summed E-state index contributed by atoms with van der Waals surface area (Å²) in [6, 6.07) is 8.64. The van der Waals surface area contributed by atoms with Crippen molar-refractivity contribution in [1.29, 1.82) is 0 Å². The lowest BCUT2D eigenvalue weighted by Crippen LogP contribution is -2.30. The number of rotatable bonds is 2. The lowest BCUT2D eigenvalue weighted by molar-refractivity contribution is -0.137. The van der Waals surface area contributed by atoms with Gasteiger partial charge < -0.3 is 4.74 Å². The highest BCUT2D eigenvalue weighted by atomic mass is 19.4. The van der Waals surface area contributed by atoms with Crippen molar-refractivity contribution in [2.75, 3.05) is 6.61 Å². The van der Waals surface area contributed by atoms with E-state index in [1.807, 2.05) is 5.43 Å². The van der Waals surface area contributed by atoms with Crippen LogP contribution in [-0.4, -0.2) is 18.4 Å². The Hall–Kier alpha value is -2.90. The van der Waals surface area contributed by atoms with Crippen LogP contribution in [-0.2, 0) is 10.9 Å². The number of hydrazone groups is 1. The van der Waals surface area contributed by atoms with Crippen molar-refractivity contribution in [2.24, 2.45) is 5.10 Å². The average molecular weight is 338 g/mol. The standard InChI is InChI=1S/C16H10F4N2O2/c17-13-4-2-1-3-11(13)10-6-5-9(7-12(10)16(18,19)20)14-8-24-15(23)22-21-14/h1-7H,8H2,(H,22,23). The van der Waals surface area contributed by atoms with Gasteiger partial charge in [0.05, 0.1) is 5.56 Å². The van der Waals surface area contributed by atoms with Gasteiger partial charge in [-0.05, 0) is 17.7 Å². The molecule has 0 bridgehead atoms. The Morgan fingerprint density at radius 3 is 2.46 bits per heavy atom. The largest absolute Gasteiger partial charge is 0.442 e. The van der Waals surface area contributed by atoms with E-state index in [4.69, 9.17) is 0 Å². The fraction of sp³-hybridized carbons (Fsp3) is 0.125. The van der Waals surface area contributed by atoms with E-state index in [-0.39, 0.29) is 29.0 Å². The summed E-state index contributed by atoms with van der Waals surface area (Å²) in [5.41, 5.74) is 0.881. The summed E-state index contributed by atoms with van der Waals surface area (Å²) in [5, 5.41) is 3.67. The van der Waals surface area contributed by atoms with Crippen LogP contribution in [0.3, 0.4) is 0 Å². The van der Waals surface area contributed by atoms with Crippen LogP contribution in [0, 0.1) is 5.82 Å². The second-order valence-corrected chi connectivity index (χ2v) is 4.98. The normalized spacial score (nSPS) is 14.7. The number of hydrogen-bond acceptors (Lipinski definition) is 3. The SMILES string of the molecule is O=C1NN=C(c2ccc(-c3ccccc3F)c(C(F)(F)F)c2)CO1. The number of carbonyl (C=O) groups is 1. The number of alkyl halides is 3. The zero-order valence-electron chi connectivity index (χ0n) is 12.0. The maximum absolute atomic E-state index is 13.9. The third-order valence-electron chi connectivity index (χ3n) is 3.44. The van der Waals surface area contributed by atoms with E-state index in [2.05, 4.69) is 9.84 Å². The second-order valence-electron chi connectivity index (χ2n) is 4.98. The number of benzene rings is 2. The Balaban J connectivity index is 2.12. The molecule has 0 aromatic heterocycles. The smallest absolute Gasteiger partial charge is 0.428 e. The van der Waals surface area contributed by atoms with E-state index in [1.165, 1.54) is 30.3 Å². The Morgan fingerprint density at radius 2 is 1.83 bits per heavy atom. The summed E-state index contributed by atoms with van der Waals surface area (Å²) in [5.74, 6) is -0.749. The van der Waals surface area contributed by atoms with Crippen LogP contribution >= 0.6 is 0 Å². The van der Waals surface area contributed by atoms with E-state index in [1.54, 1.807) is 0 Å². The maximum atomic E-state index is 13.9. The molecule has 1 amide bonds. The number of halogens is 4. The minimum atomic E-state index is -4.69. The van der Waals surface area contributed by atoms with Crippen LogP contribution in [0.2, 0.25) is 0 Å². The molecule has 3 rings (SSSR count). The van der Waals surface area contributed by atoms with Crippen molar-refractivity contribution in [3.8, 4) is 11.1 Å². The van der Waals surface area contributed by atoms with Crippen molar-refractivity contribution in [3.63, 3.8) is 0 Å². The molecule has 0 spiro atoms. The Bertz CT molecular complexity index is 831. The highest BCUT2D eigenvalue weighted by Gasteiger charge is 2.35. The summed E-state index contributed by atoms with van der Waals surface area (Å²) >= 11 is 0. The van der Waals surface area contributed by atoms with Gasteiger partial charge in [-0.1, -0.05) is 30.3 Å². The fourth-order valence-corrected chi connectivity index (χ4v) is 2.33. The monoisotopic (exact) mass is 338 g/mol. The van der Waals surface area contributed by atoms with Gasteiger partial charge in [0.15, 0.2) is 0 Å². The molecule has 1 N–H and O–H groups in total. The predicted molar refractivity (Wildman–Crippen MR) is 77.9 cm³/mol. The number of amides is 1. The van der Waals surface area contributed by atoms with Gasteiger partial charge in [-0.2, -0.15) is 18.3 Å². The third kappa shape index (κ3) is 3.08. The number of carbonyl (C=O) groups excluding carboxylic acids is 1. The zero-order valence-corrected chi connectivity index (χ0v) is 12.0. The average Bonchev–Trinajstić information content (AvgIpc) is 2.55. The van der Waals surface area contributed by atoms with E-state index >= 15 is 0 Å². The van der Waals surface area contributed by atoms with E-state index < -0.39 is 23.7 Å². The topological polar surface area (TPSA) is 50.7 Å². The lowest BCUT2D eigenvalue weighted by Gasteiger charge is -2.17. The second kappa shape index (κ2) is 5.95. The van der Waals surface area contributed by atoms with E-state index in [0.29, 0.717) is 0 Å². The molecule has 0 unspecified atom stereocenters. The molecule has 1 aliphatic heterocycles. The molecular weight excluding hydrogens is 328 g/mol. The zero-order chi connectivity index (χ0) is 17.3. The molecule has 2 aromatic carbocycles. The van der Waals surface area contributed by atoms with Gasteiger partial charge in [0.2, 0.25) is 0 Å². The van der Waals surface area contributed by atoms with Gasteiger partial charge in [-0.15, -0.1) is 0 Å². The number of ether oxygens (including phenoxy) is 1. The third-order valence-corrected chi connectivity index (χ3v) is 3.44. The Labute approximate surface area is 133 Å². The van der Waals surface area contributed by atoms with Crippen LogP contribution in [0.25, 0.3) is 11.1 Å². The molecule has 0 radical (unpaired) electrons. The summed E-state index contributed by atoms with van der Waals surface area (Å²) in [7, 11) is 0. The summed E-state index contributed by atoms with van der Waals surface area (Å²) in [6.45, 7) is -0.248. The number of nitrogens with zero attached hydrogens (tertiary/aromatic N) is 1. The molecule has 8 heteroatoms. The predicted octanol–water partition coefficient (Wildman–Crippen LogP) is 3.96. The van der Waals surface area contributed by atoms with Gasteiger partial charge in [-0.3, -0.25) is 0 Å². The van der Waals surface area contributed by atoms with Crippen LogP contribution in [0.5, 0.6) is 0 Å². The molecule has 0 fully saturated rings. The van der Waals surface area contributed by atoms with Gasteiger partial charge in [0.1, 0.15) is 18.1 Å². The van der Waals surface area contributed by atoms with Crippen LogP contribution < -0.4 is 5.43 Å². The minimum Gasteiger partial charge on any atom is -0.442 e. The Kier molecular flexibility index (Phi) is 3.96. The molecule has 0 aliphatic carbocycles. The highest BCUT2D eigenvalue weighted by molar-refractivity contribution is 6.04. The summed E-state index contributed by atoms with van der Waals surface area (Å²) < 4.78 is 58.8. The number of hydrogen-bond donors (Lipinski definition) is 1. The fourth-order valence-electron chi connectivity index (χ4n) is 2.33. The van der Waals surface area contributed by atoms with E-state index in [9.17, 15) is 22.4 Å². The minimum absolute atomic E-state index is 0.127. The van der Waals surface area contributed by atoms with Crippen LogP contribution in [0.1, 0.15) is 11.1 Å². The van der Waals surface area contributed by atoms with Gasteiger partial charge in [-0.25, -0.2) is 14.6 Å². The quantitative estimate of drug-likeness (QED) is 0.843. The molecular formula is C16H10F4N2O2. The van der Waals surface area contributed by atoms with E-state index in [0.717, 1.165) is 12.1 Å². The first-order valence-corrected chi connectivity index (χ1v) is 6.82. The molecule has 1 aliphatic rings. The van der Waals surface area contributed by atoms with Gasteiger partial charge in [0, 0.05) is 11.1 Å². The molecule has 1 heterocycles. The Morgan fingerprint density at radius 1 is 1.08 bits per heavy atom. The highest BCUT2D eigenvalue weighted by Crippen LogP contribution is 2.38. The first-order chi connectivity index (χ1) is 11.4. The first-order valence-electron chi connectivity index (χ1n) is 6.82. The van der Waals surface area contributed by atoms with Crippen molar-refractivity contribution in [2.45, 2.75) is 6.18 Å². The van der Waals surface area contributed by atoms with Crippen LogP contribution in [0.15, 0.2) is 47.6 Å². The van der Waals surface area contributed by atoms with Crippen molar-refractivity contribution in [1.82, 2.24) is 5.43 Å². The van der Waals surface area contributed by atoms with Gasteiger partial charge in [0.25, 0.3) is 0 Å². The maximum Gasteiger partial charge on any atom is 0.428 e.